The second kappa shape index (κ2) is 6.37. The second-order valence-electron chi connectivity index (χ2n) is 4.71. The van der Waals surface area contributed by atoms with Crippen LogP contribution in [0.25, 0.3) is 0 Å². The number of aromatic nitrogens is 2. The van der Waals surface area contributed by atoms with E-state index in [9.17, 15) is 4.39 Å². The van der Waals surface area contributed by atoms with Crippen LogP contribution in [0.1, 0.15) is 36.7 Å². The van der Waals surface area contributed by atoms with E-state index in [2.05, 4.69) is 10.4 Å². The summed E-state index contributed by atoms with van der Waals surface area (Å²) in [4.78, 5) is 0. The van der Waals surface area contributed by atoms with Crippen LogP contribution in [0, 0.1) is 12.7 Å². The van der Waals surface area contributed by atoms with Gasteiger partial charge in [0.05, 0.1) is 23.0 Å². The average molecular weight is 296 g/mol. The van der Waals surface area contributed by atoms with E-state index in [1.165, 1.54) is 0 Å². The van der Waals surface area contributed by atoms with Crippen LogP contribution in [0.15, 0.2) is 24.4 Å². The maximum absolute atomic E-state index is 14.3. The summed E-state index contributed by atoms with van der Waals surface area (Å²) in [6, 6.07) is 4.96. The fraction of sp³-hybridized carbons (Fsp3) is 0.400. The highest BCUT2D eigenvalue weighted by Crippen LogP contribution is 2.30. The number of hydrogen-bond donors (Lipinski definition) is 1. The maximum Gasteiger partial charge on any atom is 0.128 e. The summed E-state index contributed by atoms with van der Waals surface area (Å²) in [5, 5.41) is 8.08. The molecule has 0 saturated carbocycles. The Morgan fingerprint density at radius 2 is 2.15 bits per heavy atom. The molecule has 1 aromatic carbocycles. The second-order valence-corrected chi connectivity index (χ2v) is 5.12. The highest BCUT2D eigenvalue weighted by molar-refractivity contribution is 6.31. The van der Waals surface area contributed by atoms with E-state index in [0.717, 1.165) is 11.3 Å². The highest BCUT2D eigenvalue weighted by Gasteiger charge is 2.23. The van der Waals surface area contributed by atoms with Gasteiger partial charge in [0, 0.05) is 12.1 Å². The zero-order chi connectivity index (χ0) is 14.7. The van der Waals surface area contributed by atoms with Crippen molar-refractivity contribution < 1.29 is 4.39 Å². The van der Waals surface area contributed by atoms with Crippen LogP contribution in [-0.4, -0.2) is 16.3 Å². The summed E-state index contributed by atoms with van der Waals surface area (Å²) < 4.78 is 16.1. The average Bonchev–Trinajstić information content (AvgIpc) is 2.78. The molecule has 1 unspecified atom stereocenters. The minimum Gasteiger partial charge on any atom is -0.305 e. The lowest BCUT2D eigenvalue weighted by atomic mass is 10.0. The van der Waals surface area contributed by atoms with Crippen molar-refractivity contribution in [2.45, 2.75) is 33.4 Å². The minimum atomic E-state index is -0.296. The van der Waals surface area contributed by atoms with Crippen molar-refractivity contribution >= 4 is 11.6 Å². The molecule has 108 valence electrons. The number of rotatable bonds is 5. The van der Waals surface area contributed by atoms with Gasteiger partial charge in [-0.3, -0.25) is 4.68 Å². The lowest BCUT2D eigenvalue weighted by Gasteiger charge is -2.21. The van der Waals surface area contributed by atoms with Crippen molar-refractivity contribution in [1.29, 1.82) is 0 Å². The number of aryl methyl sites for hydroxylation is 2. The Morgan fingerprint density at radius 3 is 2.75 bits per heavy atom. The standard InChI is InChI=1S/C15H19ClFN3/c1-4-18-14(11-7-6-10(3)8-13(11)17)15-12(16)9-19-20(15)5-2/h6-9,14,18H,4-5H2,1-3H3. The van der Waals surface area contributed by atoms with Gasteiger partial charge in [0.15, 0.2) is 0 Å². The normalized spacial score (nSPS) is 12.7. The minimum absolute atomic E-state index is 0.226. The van der Waals surface area contributed by atoms with Gasteiger partial charge in [-0.05, 0) is 32.0 Å². The molecular weight excluding hydrogens is 277 g/mol. The Hall–Kier alpha value is -1.39. The fourth-order valence-electron chi connectivity index (χ4n) is 2.34. The highest BCUT2D eigenvalue weighted by atomic mass is 35.5. The third-order valence-corrected chi connectivity index (χ3v) is 3.57. The van der Waals surface area contributed by atoms with E-state index in [1.54, 1.807) is 23.0 Å². The van der Waals surface area contributed by atoms with Crippen LogP contribution in [0.5, 0.6) is 0 Å². The molecule has 2 rings (SSSR count). The van der Waals surface area contributed by atoms with E-state index in [-0.39, 0.29) is 11.9 Å². The van der Waals surface area contributed by atoms with Gasteiger partial charge >= 0.3 is 0 Å². The van der Waals surface area contributed by atoms with Crippen LogP contribution in [0.3, 0.4) is 0 Å². The van der Waals surface area contributed by atoms with Crippen molar-refractivity contribution in [3.63, 3.8) is 0 Å². The molecule has 1 heterocycles. The van der Waals surface area contributed by atoms with Gasteiger partial charge < -0.3 is 5.32 Å². The molecule has 1 atom stereocenters. The first kappa shape index (κ1) is 15.0. The molecule has 0 radical (unpaired) electrons. The van der Waals surface area contributed by atoms with Gasteiger partial charge in [-0.2, -0.15) is 5.10 Å². The molecular formula is C15H19ClFN3. The van der Waals surface area contributed by atoms with Gasteiger partial charge in [0.25, 0.3) is 0 Å². The van der Waals surface area contributed by atoms with Gasteiger partial charge in [-0.25, -0.2) is 4.39 Å². The number of nitrogens with one attached hydrogen (secondary N) is 1. The van der Waals surface area contributed by atoms with Crippen LogP contribution in [-0.2, 0) is 6.54 Å². The Bertz CT molecular complexity index is 595. The molecule has 1 aromatic heterocycles. The summed E-state index contributed by atoms with van der Waals surface area (Å²) in [6.45, 7) is 7.25. The molecule has 0 amide bonds. The predicted molar refractivity (Wildman–Crippen MR) is 79.6 cm³/mol. The molecule has 1 N–H and O–H groups in total. The molecule has 0 spiro atoms. The van der Waals surface area contributed by atoms with Gasteiger partial charge in [-0.15, -0.1) is 0 Å². The molecule has 3 nitrogen and oxygen atoms in total. The third kappa shape index (κ3) is 2.86. The Kier molecular flexibility index (Phi) is 4.78. The summed E-state index contributed by atoms with van der Waals surface area (Å²) >= 11 is 6.24. The molecule has 2 aromatic rings. The van der Waals surface area contributed by atoms with Crippen molar-refractivity contribution in [2.24, 2.45) is 0 Å². The van der Waals surface area contributed by atoms with E-state index in [1.807, 2.05) is 26.8 Å². The topological polar surface area (TPSA) is 29.9 Å². The number of nitrogens with zero attached hydrogens (tertiary/aromatic N) is 2. The first-order valence-corrected chi connectivity index (χ1v) is 7.16. The third-order valence-electron chi connectivity index (χ3n) is 3.28. The molecule has 0 fully saturated rings. The van der Waals surface area contributed by atoms with Crippen LogP contribution in [0.2, 0.25) is 5.02 Å². The smallest absolute Gasteiger partial charge is 0.128 e. The van der Waals surface area contributed by atoms with E-state index in [0.29, 0.717) is 23.7 Å². The molecule has 0 aliphatic carbocycles. The number of halogens is 2. The van der Waals surface area contributed by atoms with Gasteiger partial charge in [0.2, 0.25) is 0 Å². The molecule has 0 saturated heterocycles. The Labute approximate surface area is 123 Å². The van der Waals surface area contributed by atoms with E-state index in [4.69, 9.17) is 11.6 Å². The van der Waals surface area contributed by atoms with Crippen molar-refractivity contribution in [1.82, 2.24) is 15.1 Å². The van der Waals surface area contributed by atoms with Gasteiger partial charge in [0.1, 0.15) is 5.82 Å². The quantitative estimate of drug-likeness (QED) is 0.911. The van der Waals surface area contributed by atoms with Crippen LogP contribution in [0.4, 0.5) is 4.39 Å². The lowest BCUT2D eigenvalue weighted by Crippen LogP contribution is -2.26. The summed E-state index contributed by atoms with van der Waals surface area (Å²) in [6.07, 6.45) is 1.61. The number of benzene rings is 1. The summed E-state index contributed by atoms with van der Waals surface area (Å²) in [5.74, 6) is -0.226. The van der Waals surface area contributed by atoms with E-state index >= 15 is 0 Å². The van der Waals surface area contributed by atoms with Crippen LogP contribution < -0.4 is 5.32 Å². The summed E-state index contributed by atoms with van der Waals surface area (Å²) in [7, 11) is 0. The van der Waals surface area contributed by atoms with Gasteiger partial charge in [-0.1, -0.05) is 30.7 Å². The largest absolute Gasteiger partial charge is 0.305 e. The van der Waals surface area contributed by atoms with Crippen molar-refractivity contribution in [2.75, 3.05) is 6.54 Å². The lowest BCUT2D eigenvalue weighted by molar-refractivity contribution is 0.515. The maximum atomic E-state index is 14.3. The molecule has 0 aliphatic heterocycles. The molecule has 5 heteroatoms. The predicted octanol–water partition coefficient (Wildman–Crippen LogP) is 3.70. The van der Waals surface area contributed by atoms with Crippen LogP contribution >= 0.6 is 11.6 Å². The molecule has 0 bridgehead atoms. The Morgan fingerprint density at radius 1 is 1.40 bits per heavy atom. The van der Waals surface area contributed by atoms with Crippen molar-refractivity contribution in [3.8, 4) is 0 Å². The molecule has 0 aliphatic rings. The van der Waals surface area contributed by atoms with Crippen molar-refractivity contribution in [3.05, 3.63) is 52.1 Å². The summed E-state index contributed by atoms with van der Waals surface area (Å²) in [5.41, 5.74) is 2.30. The van der Waals surface area contributed by atoms with E-state index < -0.39 is 0 Å². The zero-order valence-electron chi connectivity index (χ0n) is 12.0. The fourth-order valence-corrected chi connectivity index (χ4v) is 2.59. The zero-order valence-corrected chi connectivity index (χ0v) is 12.7. The Balaban J connectivity index is 2.53. The molecule has 20 heavy (non-hydrogen) atoms. The first-order chi connectivity index (χ1) is 9.58. The number of hydrogen-bond acceptors (Lipinski definition) is 2. The first-order valence-electron chi connectivity index (χ1n) is 6.79. The SMILES string of the molecule is CCNC(c1ccc(C)cc1F)c1c(Cl)cnn1CC. The monoisotopic (exact) mass is 295 g/mol.